The number of rotatable bonds is 0. The van der Waals surface area contributed by atoms with Gasteiger partial charge in [-0.2, -0.15) is 0 Å². The summed E-state index contributed by atoms with van der Waals surface area (Å²) in [6.07, 6.45) is 0.177. The first-order valence-electron chi connectivity index (χ1n) is 5.05. The van der Waals surface area contributed by atoms with E-state index in [1.807, 2.05) is 19.1 Å². The predicted octanol–water partition coefficient (Wildman–Crippen LogP) is 4.36. The molecule has 0 amide bonds. The molecule has 1 aliphatic carbocycles. The SMILES string of the molecule is Cc1ccc2c(c1)C=C(F)C(C)(C)C2F. The summed E-state index contributed by atoms with van der Waals surface area (Å²) in [4.78, 5) is 0. The highest BCUT2D eigenvalue weighted by Crippen LogP contribution is 2.48. The van der Waals surface area contributed by atoms with E-state index < -0.39 is 11.6 Å². The maximum atomic E-state index is 14.1. The fourth-order valence-electron chi connectivity index (χ4n) is 1.88. The molecule has 80 valence electrons. The number of hydrogen-bond acceptors (Lipinski definition) is 0. The molecule has 0 bridgehead atoms. The van der Waals surface area contributed by atoms with Crippen LogP contribution in [0.1, 0.15) is 36.7 Å². The van der Waals surface area contributed by atoms with Gasteiger partial charge in [-0.1, -0.05) is 37.6 Å². The van der Waals surface area contributed by atoms with Crippen molar-refractivity contribution >= 4 is 6.08 Å². The third-order valence-corrected chi connectivity index (χ3v) is 3.05. The highest BCUT2D eigenvalue weighted by atomic mass is 19.1. The van der Waals surface area contributed by atoms with Crippen LogP contribution in [0.4, 0.5) is 8.78 Å². The Hall–Kier alpha value is -1.18. The molecule has 1 unspecified atom stereocenters. The molecule has 1 aromatic rings. The van der Waals surface area contributed by atoms with Crippen molar-refractivity contribution in [3.63, 3.8) is 0 Å². The number of benzene rings is 1. The molecule has 0 spiro atoms. The van der Waals surface area contributed by atoms with Crippen LogP contribution >= 0.6 is 0 Å². The van der Waals surface area contributed by atoms with Crippen LogP contribution in [0.3, 0.4) is 0 Å². The van der Waals surface area contributed by atoms with Gasteiger partial charge in [0, 0.05) is 0 Å². The van der Waals surface area contributed by atoms with E-state index in [9.17, 15) is 8.78 Å². The van der Waals surface area contributed by atoms with Gasteiger partial charge in [0.1, 0.15) is 12.0 Å². The first kappa shape index (κ1) is 10.3. The average Bonchev–Trinajstić information content (AvgIpc) is 2.15. The van der Waals surface area contributed by atoms with E-state index in [0.717, 1.165) is 5.56 Å². The Morgan fingerprint density at radius 1 is 1.27 bits per heavy atom. The molecular formula is C13H14F2. The van der Waals surface area contributed by atoms with Gasteiger partial charge in [-0.3, -0.25) is 0 Å². The molecule has 0 N–H and O–H groups in total. The molecule has 0 aliphatic heterocycles. The summed E-state index contributed by atoms with van der Waals surface area (Å²) < 4.78 is 27.7. The van der Waals surface area contributed by atoms with Gasteiger partial charge >= 0.3 is 0 Å². The first-order valence-corrected chi connectivity index (χ1v) is 5.05. The molecule has 0 saturated carbocycles. The van der Waals surface area contributed by atoms with Crippen molar-refractivity contribution in [2.24, 2.45) is 5.41 Å². The molecule has 0 nitrogen and oxygen atoms in total. The van der Waals surface area contributed by atoms with Gasteiger partial charge in [0.2, 0.25) is 0 Å². The van der Waals surface area contributed by atoms with E-state index in [4.69, 9.17) is 0 Å². The first-order chi connectivity index (χ1) is 6.93. The van der Waals surface area contributed by atoms with Gasteiger partial charge in [-0.15, -0.1) is 0 Å². The van der Waals surface area contributed by atoms with Crippen LogP contribution in [0, 0.1) is 12.3 Å². The molecule has 1 aliphatic rings. The Kier molecular flexibility index (Phi) is 2.18. The fraction of sp³-hybridized carbons (Fsp3) is 0.385. The normalized spacial score (nSPS) is 23.3. The summed E-state index contributed by atoms with van der Waals surface area (Å²) in [6.45, 7) is 5.09. The van der Waals surface area contributed by atoms with Crippen LogP contribution in [0.25, 0.3) is 6.08 Å². The lowest BCUT2D eigenvalue weighted by atomic mass is 9.76. The van der Waals surface area contributed by atoms with Gasteiger partial charge < -0.3 is 0 Å². The molecule has 2 heteroatoms. The second-order valence-electron chi connectivity index (χ2n) is 4.71. The van der Waals surface area contributed by atoms with E-state index in [1.54, 1.807) is 19.9 Å². The standard InChI is InChI=1S/C13H14F2/c1-8-4-5-10-9(6-8)7-11(14)13(2,3)12(10)15/h4-7,12H,1-3H3. The second kappa shape index (κ2) is 3.16. The summed E-state index contributed by atoms with van der Waals surface area (Å²) in [7, 11) is 0. The van der Waals surface area contributed by atoms with Crippen molar-refractivity contribution in [3.8, 4) is 0 Å². The Morgan fingerprint density at radius 2 is 1.93 bits per heavy atom. The van der Waals surface area contributed by atoms with Gasteiger partial charge in [-0.05, 0) is 24.1 Å². The van der Waals surface area contributed by atoms with E-state index in [2.05, 4.69) is 0 Å². The van der Waals surface area contributed by atoms with E-state index >= 15 is 0 Å². The monoisotopic (exact) mass is 208 g/mol. The molecule has 1 aromatic carbocycles. The van der Waals surface area contributed by atoms with Gasteiger partial charge in [-0.25, -0.2) is 8.78 Å². The summed E-state index contributed by atoms with van der Waals surface area (Å²) in [5.74, 6) is -0.381. The molecular weight excluding hydrogens is 194 g/mol. The number of halogens is 2. The Morgan fingerprint density at radius 3 is 2.60 bits per heavy atom. The lowest BCUT2D eigenvalue weighted by Crippen LogP contribution is -2.23. The third kappa shape index (κ3) is 1.48. The Labute approximate surface area is 88.6 Å². The summed E-state index contributed by atoms with van der Waals surface area (Å²) >= 11 is 0. The van der Waals surface area contributed by atoms with Crippen LogP contribution < -0.4 is 0 Å². The number of alkyl halides is 1. The zero-order valence-corrected chi connectivity index (χ0v) is 9.14. The third-order valence-electron chi connectivity index (χ3n) is 3.05. The zero-order chi connectivity index (χ0) is 11.2. The van der Waals surface area contributed by atoms with Crippen molar-refractivity contribution in [1.82, 2.24) is 0 Å². The van der Waals surface area contributed by atoms with Crippen molar-refractivity contribution in [3.05, 3.63) is 40.7 Å². The van der Waals surface area contributed by atoms with Crippen LogP contribution in [-0.2, 0) is 0 Å². The van der Waals surface area contributed by atoms with Crippen molar-refractivity contribution < 1.29 is 8.78 Å². The number of fused-ring (bicyclic) bond motifs is 1. The minimum Gasteiger partial charge on any atom is -0.241 e. The minimum atomic E-state index is -1.27. The molecule has 0 radical (unpaired) electrons. The van der Waals surface area contributed by atoms with Gasteiger partial charge in [0.15, 0.2) is 0 Å². The minimum absolute atomic E-state index is 0.381. The lowest BCUT2D eigenvalue weighted by molar-refractivity contribution is 0.152. The Balaban J connectivity index is 2.63. The molecule has 0 saturated heterocycles. The van der Waals surface area contributed by atoms with Gasteiger partial charge in [0.25, 0.3) is 0 Å². The predicted molar refractivity (Wildman–Crippen MR) is 57.9 cm³/mol. The molecule has 2 rings (SSSR count). The fourth-order valence-corrected chi connectivity index (χ4v) is 1.88. The quantitative estimate of drug-likeness (QED) is 0.594. The van der Waals surface area contributed by atoms with E-state index in [1.165, 1.54) is 6.08 Å². The van der Waals surface area contributed by atoms with Crippen LogP contribution in [0.5, 0.6) is 0 Å². The largest absolute Gasteiger partial charge is 0.241 e. The van der Waals surface area contributed by atoms with Crippen LogP contribution in [-0.4, -0.2) is 0 Å². The number of allylic oxidation sites excluding steroid dienone is 1. The lowest BCUT2D eigenvalue weighted by Gasteiger charge is -2.32. The number of aryl methyl sites for hydroxylation is 1. The van der Waals surface area contributed by atoms with E-state index in [0.29, 0.717) is 11.1 Å². The highest BCUT2D eigenvalue weighted by Gasteiger charge is 2.39. The Bertz CT molecular complexity index is 430. The zero-order valence-electron chi connectivity index (χ0n) is 9.14. The second-order valence-corrected chi connectivity index (χ2v) is 4.71. The van der Waals surface area contributed by atoms with E-state index in [-0.39, 0.29) is 5.83 Å². The molecule has 15 heavy (non-hydrogen) atoms. The molecule has 0 fully saturated rings. The topological polar surface area (TPSA) is 0 Å². The maximum Gasteiger partial charge on any atom is 0.137 e. The van der Waals surface area contributed by atoms with Crippen LogP contribution in [0.15, 0.2) is 24.0 Å². The maximum absolute atomic E-state index is 14.1. The molecule has 1 atom stereocenters. The highest BCUT2D eigenvalue weighted by molar-refractivity contribution is 5.61. The molecule has 0 heterocycles. The molecule has 0 aromatic heterocycles. The van der Waals surface area contributed by atoms with Crippen molar-refractivity contribution in [1.29, 1.82) is 0 Å². The summed E-state index contributed by atoms with van der Waals surface area (Å²) in [6, 6.07) is 5.43. The van der Waals surface area contributed by atoms with Gasteiger partial charge in [0.05, 0.1) is 5.41 Å². The van der Waals surface area contributed by atoms with Crippen molar-refractivity contribution in [2.75, 3.05) is 0 Å². The summed E-state index contributed by atoms with van der Waals surface area (Å²) in [5.41, 5.74) is 1.23. The average molecular weight is 208 g/mol. The summed E-state index contributed by atoms with van der Waals surface area (Å²) in [5, 5.41) is 0. The van der Waals surface area contributed by atoms with Crippen molar-refractivity contribution in [2.45, 2.75) is 26.9 Å². The number of hydrogen-bond donors (Lipinski definition) is 0. The smallest absolute Gasteiger partial charge is 0.137 e. The van der Waals surface area contributed by atoms with Crippen LogP contribution in [0.2, 0.25) is 0 Å².